The van der Waals surface area contributed by atoms with Gasteiger partial charge in [0.25, 0.3) is 0 Å². The second-order valence-electron chi connectivity index (χ2n) is 7.86. The smallest absolute Gasteiger partial charge is 0.416 e. The number of nitrogens with zero attached hydrogens (tertiary/aromatic N) is 1. The summed E-state index contributed by atoms with van der Waals surface area (Å²) in [7, 11) is -2.16. The second kappa shape index (κ2) is 8.32. The third-order valence-electron chi connectivity index (χ3n) is 5.73. The molecule has 0 aromatic rings. The topological polar surface area (TPSA) is 55.8 Å². The van der Waals surface area contributed by atoms with Crippen molar-refractivity contribution in [2.24, 2.45) is 11.8 Å². The first-order valence-corrected chi connectivity index (χ1v) is 11.8. The SMILES string of the molecule is C=C[C@@H](C(=O)N1CCOC1=O)[C@H](/C=C/C)O[Si](C)(C)C(C)(C)C(C)C. The van der Waals surface area contributed by atoms with Crippen LogP contribution in [-0.2, 0) is 14.0 Å². The van der Waals surface area contributed by atoms with Gasteiger partial charge in [-0.05, 0) is 31.0 Å². The number of rotatable bonds is 8. The highest BCUT2D eigenvalue weighted by Gasteiger charge is 2.46. The third-order valence-corrected chi connectivity index (χ3v) is 10.3. The molecule has 0 saturated carbocycles. The lowest BCUT2D eigenvalue weighted by atomic mass is 9.99. The van der Waals surface area contributed by atoms with E-state index in [1.54, 1.807) is 6.08 Å². The molecule has 1 rings (SSSR count). The maximum Gasteiger partial charge on any atom is 0.416 e. The van der Waals surface area contributed by atoms with Gasteiger partial charge in [0.05, 0.1) is 18.6 Å². The van der Waals surface area contributed by atoms with Crippen molar-refractivity contribution < 1.29 is 18.8 Å². The molecule has 0 unspecified atom stereocenters. The van der Waals surface area contributed by atoms with E-state index in [9.17, 15) is 9.59 Å². The van der Waals surface area contributed by atoms with Crippen LogP contribution >= 0.6 is 0 Å². The van der Waals surface area contributed by atoms with Crippen LogP contribution in [0.4, 0.5) is 4.79 Å². The molecule has 1 aliphatic heterocycles. The lowest BCUT2D eigenvalue weighted by molar-refractivity contribution is -0.132. The monoisotopic (exact) mass is 367 g/mol. The van der Waals surface area contributed by atoms with Gasteiger partial charge in [0, 0.05) is 0 Å². The van der Waals surface area contributed by atoms with Crippen molar-refractivity contribution in [1.29, 1.82) is 0 Å². The zero-order valence-electron chi connectivity index (χ0n) is 16.7. The number of ether oxygens (including phenoxy) is 1. The van der Waals surface area contributed by atoms with Crippen molar-refractivity contribution >= 4 is 20.3 Å². The largest absolute Gasteiger partial charge is 0.447 e. The van der Waals surface area contributed by atoms with Crippen molar-refractivity contribution in [3.8, 4) is 0 Å². The van der Waals surface area contributed by atoms with Gasteiger partial charge in [0.2, 0.25) is 5.91 Å². The highest BCUT2D eigenvalue weighted by Crippen LogP contribution is 2.45. The first-order chi connectivity index (χ1) is 11.5. The Labute approximate surface area is 153 Å². The minimum Gasteiger partial charge on any atom is -0.447 e. The standard InChI is InChI=1S/C19H33NO4Si/c1-9-11-16(24-25(7,8)19(5,6)14(3)4)15(10-2)17(21)20-12-13-23-18(20)22/h9-11,14-16H,2,12-13H2,1,3-8H3/b11-9+/t15-,16+/m1/s1. The molecule has 0 spiro atoms. The van der Waals surface area contributed by atoms with Gasteiger partial charge in [0.1, 0.15) is 6.61 Å². The normalized spacial score (nSPS) is 18.6. The van der Waals surface area contributed by atoms with Crippen LogP contribution in [0, 0.1) is 11.8 Å². The molecule has 0 radical (unpaired) electrons. The average molecular weight is 368 g/mol. The summed E-state index contributed by atoms with van der Waals surface area (Å²) in [5.41, 5.74) is 0. The molecule has 2 atom stereocenters. The Hall–Kier alpha value is -1.40. The minimum absolute atomic E-state index is 0.0220. The Morgan fingerprint density at radius 2 is 2.00 bits per heavy atom. The fraction of sp³-hybridized carbons (Fsp3) is 0.684. The lowest BCUT2D eigenvalue weighted by Gasteiger charge is -2.45. The number of hydrogen-bond donors (Lipinski definition) is 0. The van der Waals surface area contributed by atoms with E-state index in [0.29, 0.717) is 5.92 Å². The summed E-state index contributed by atoms with van der Waals surface area (Å²) >= 11 is 0. The lowest BCUT2D eigenvalue weighted by Crippen LogP contribution is -2.50. The van der Waals surface area contributed by atoms with Gasteiger partial charge >= 0.3 is 6.09 Å². The fourth-order valence-corrected chi connectivity index (χ4v) is 5.36. The van der Waals surface area contributed by atoms with Crippen molar-refractivity contribution in [3.05, 3.63) is 24.8 Å². The van der Waals surface area contributed by atoms with Crippen LogP contribution < -0.4 is 0 Å². The van der Waals surface area contributed by atoms with Crippen LogP contribution in [0.25, 0.3) is 0 Å². The van der Waals surface area contributed by atoms with Crippen LogP contribution in [0.15, 0.2) is 24.8 Å². The molecule has 1 fully saturated rings. The summed E-state index contributed by atoms with van der Waals surface area (Å²) in [5, 5.41) is 0.0220. The van der Waals surface area contributed by atoms with Gasteiger partial charge in [-0.2, -0.15) is 0 Å². The predicted molar refractivity (Wildman–Crippen MR) is 103 cm³/mol. The average Bonchev–Trinajstić information content (AvgIpc) is 2.93. The molecule has 142 valence electrons. The number of carbonyl (C=O) groups excluding carboxylic acids is 2. The maximum absolute atomic E-state index is 12.8. The Morgan fingerprint density at radius 3 is 2.40 bits per heavy atom. The highest BCUT2D eigenvalue weighted by molar-refractivity contribution is 6.74. The molecule has 1 heterocycles. The van der Waals surface area contributed by atoms with E-state index >= 15 is 0 Å². The van der Waals surface area contributed by atoms with E-state index in [2.05, 4.69) is 47.4 Å². The summed E-state index contributed by atoms with van der Waals surface area (Å²) in [6, 6.07) is 0. The number of cyclic esters (lactones) is 1. The summed E-state index contributed by atoms with van der Waals surface area (Å²) in [6.07, 6.45) is 4.31. The number of allylic oxidation sites excluding steroid dienone is 1. The zero-order valence-corrected chi connectivity index (χ0v) is 17.7. The van der Waals surface area contributed by atoms with Gasteiger partial charge in [-0.1, -0.05) is 45.9 Å². The van der Waals surface area contributed by atoms with Gasteiger partial charge < -0.3 is 9.16 Å². The van der Waals surface area contributed by atoms with Crippen molar-refractivity contribution in [2.45, 2.75) is 58.9 Å². The van der Waals surface area contributed by atoms with E-state index in [1.807, 2.05) is 19.1 Å². The molecule has 0 bridgehead atoms. The van der Waals surface area contributed by atoms with Gasteiger partial charge in [0.15, 0.2) is 8.32 Å². The molecule has 6 heteroatoms. The number of imide groups is 1. The van der Waals surface area contributed by atoms with Crippen LogP contribution in [0.1, 0.15) is 34.6 Å². The van der Waals surface area contributed by atoms with Crippen molar-refractivity contribution in [2.75, 3.05) is 13.2 Å². The second-order valence-corrected chi connectivity index (χ2v) is 12.4. The van der Waals surface area contributed by atoms with Crippen LogP contribution in [-0.4, -0.2) is 44.5 Å². The van der Waals surface area contributed by atoms with Gasteiger partial charge in [-0.15, -0.1) is 6.58 Å². The van der Waals surface area contributed by atoms with E-state index in [0.717, 1.165) is 4.90 Å². The van der Waals surface area contributed by atoms with Gasteiger partial charge in [-0.3, -0.25) is 4.79 Å². The Kier molecular flexibility index (Phi) is 7.20. The van der Waals surface area contributed by atoms with E-state index < -0.39 is 26.4 Å². The predicted octanol–water partition coefficient (Wildman–Crippen LogP) is 4.37. The van der Waals surface area contributed by atoms with E-state index in [4.69, 9.17) is 9.16 Å². The van der Waals surface area contributed by atoms with Crippen molar-refractivity contribution in [1.82, 2.24) is 4.90 Å². The summed E-state index contributed by atoms with van der Waals surface area (Å²) < 4.78 is 11.4. The molecule has 0 aromatic carbocycles. The quantitative estimate of drug-likeness (QED) is 0.472. The zero-order chi connectivity index (χ0) is 19.4. The first-order valence-electron chi connectivity index (χ1n) is 8.91. The fourth-order valence-electron chi connectivity index (χ4n) is 2.76. The van der Waals surface area contributed by atoms with Crippen LogP contribution in [0.5, 0.6) is 0 Å². The Morgan fingerprint density at radius 1 is 1.40 bits per heavy atom. The molecule has 0 N–H and O–H groups in total. The Balaban J connectivity index is 3.09. The third kappa shape index (κ3) is 4.61. The number of hydrogen-bond acceptors (Lipinski definition) is 4. The van der Waals surface area contributed by atoms with Gasteiger partial charge in [-0.25, -0.2) is 9.69 Å². The van der Waals surface area contributed by atoms with E-state index in [-0.39, 0.29) is 24.1 Å². The first kappa shape index (κ1) is 21.6. The molecule has 25 heavy (non-hydrogen) atoms. The van der Waals surface area contributed by atoms with E-state index in [1.165, 1.54) is 0 Å². The maximum atomic E-state index is 12.8. The van der Waals surface area contributed by atoms with Crippen LogP contribution in [0.3, 0.4) is 0 Å². The molecule has 5 nitrogen and oxygen atoms in total. The molecular weight excluding hydrogens is 334 g/mol. The number of amides is 2. The summed E-state index contributed by atoms with van der Waals surface area (Å²) in [5.74, 6) is -0.476. The van der Waals surface area contributed by atoms with Crippen LogP contribution in [0.2, 0.25) is 18.1 Å². The molecule has 0 aliphatic carbocycles. The Bertz CT molecular complexity index is 540. The summed E-state index contributed by atoms with van der Waals surface area (Å²) in [4.78, 5) is 25.7. The molecule has 1 aliphatic rings. The summed E-state index contributed by atoms with van der Waals surface area (Å²) in [6.45, 7) is 19.4. The minimum atomic E-state index is -2.16. The van der Waals surface area contributed by atoms with Crippen molar-refractivity contribution in [3.63, 3.8) is 0 Å². The molecular formula is C19H33NO4Si. The molecule has 1 saturated heterocycles. The number of carbonyl (C=O) groups is 2. The molecule has 0 aromatic heterocycles. The molecule has 2 amide bonds. The highest BCUT2D eigenvalue weighted by atomic mass is 28.4.